The predicted octanol–water partition coefficient (Wildman–Crippen LogP) is 4.37. The summed E-state index contributed by atoms with van der Waals surface area (Å²) in [5, 5.41) is 9.33. The fourth-order valence-corrected chi connectivity index (χ4v) is 5.15. The van der Waals surface area contributed by atoms with Gasteiger partial charge in [-0.25, -0.2) is 13.8 Å². The maximum Gasteiger partial charge on any atom is 0.262 e. The Bertz CT molecular complexity index is 1340. The first-order chi connectivity index (χ1) is 16.8. The van der Waals surface area contributed by atoms with Gasteiger partial charge < -0.3 is 16.0 Å². The molecule has 7 nitrogen and oxygen atoms in total. The highest BCUT2D eigenvalue weighted by molar-refractivity contribution is 6.42. The summed E-state index contributed by atoms with van der Waals surface area (Å²) in [7, 11) is 0. The lowest BCUT2D eigenvalue weighted by molar-refractivity contribution is -0.121. The molecule has 186 valence electrons. The number of nitrogens with one attached hydrogen (secondary N) is 3. The van der Waals surface area contributed by atoms with E-state index in [1.165, 1.54) is 35.2 Å². The SMILES string of the molecule is CC.O=C1NCCC1n1cnc2c(F)cc(N[C@@]3(c4c(F)ccc(Cl)c4Cl)CCNC3)cc2c1=O. The van der Waals surface area contributed by atoms with Crippen LogP contribution < -0.4 is 21.5 Å². The largest absolute Gasteiger partial charge is 0.374 e. The summed E-state index contributed by atoms with van der Waals surface area (Å²) in [6.45, 7) is 5.32. The smallest absolute Gasteiger partial charge is 0.262 e. The Morgan fingerprint density at radius 2 is 1.91 bits per heavy atom. The molecule has 3 heterocycles. The van der Waals surface area contributed by atoms with E-state index in [2.05, 4.69) is 20.9 Å². The Kier molecular flexibility index (Phi) is 7.30. The van der Waals surface area contributed by atoms with Crippen LogP contribution in [0.1, 0.15) is 38.3 Å². The molecule has 0 bridgehead atoms. The summed E-state index contributed by atoms with van der Waals surface area (Å²) in [5.41, 5.74) is -1.22. The maximum atomic E-state index is 15.0. The van der Waals surface area contributed by atoms with Gasteiger partial charge in [0.25, 0.3) is 5.56 Å². The second-order valence-corrected chi connectivity index (χ2v) is 9.04. The van der Waals surface area contributed by atoms with Crippen LogP contribution in [-0.4, -0.2) is 35.1 Å². The minimum atomic E-state index is -1.02. The molecule has 1 amide bonds. The van der Waals surface area contributed by atoms with Crippen LogP contribution in [0.4, 0.5) is 14.5 Å². The lowest BCUT2D eigenvalue weighted by Gasteiger charge is -2.33. The number of carbonyl (C=O) groups is 1. The molecule has 0 aliphatic carbocycles. The third-order valence-corrected chi connectivity index (χ3v) is 7.06. The second kappa shape index (κ2) is 10.1. The molecule has 2 saturated heterocycles. The highest BCUT2D eigenvalue weighted by Gasteiger charge is 2.40. The van der Waals surface area contributed by atoms with E-state index >= 15 is 0 Å². The monoisotopic (exact) mass is 523 g/mol. The van der Waals surface area contributed by atoms with E-state index < -0.39 is 28.8 Å². The number of fused-ring (bicyclic) bond motifs is 1. The van der Waals surface area contributed by atoms with E-state index in [4.69, 9.17) is 23.2 Å². The third kappa shape index (κ3) is 4.48. The van der Waals surface area contributed by atoms with E-state index in [1.54, 1.807) is 0 Å². The molecule has 0 radical (unpaired) electrons. The van der Waals surface area contributed by atoms with Crippen molar-refractivity contribution < 1.29 is 13.6 Å². The van der Waals surface area contributed by atoms with Crippen LogP contribution in [-0.2, 0) is 10.3 Å². The van der Waals surface area contributed by atoms with E-state index in [0.717, 1.165) is 0 Å². The number of benzene rings is 2. The number of anilines is 1. The maximum absolute atomic E-state index is 15.0. The zero-order valence-corrected chi connectivity index (χ0v) is 20.7. The number of carbonyl (C=O) groups excluding carboxylic acids is 1. The van der Waals surface area contributed by atoms with Gasteiger partial charge in [-0.15, -0.1) is 0 Å². The Balaban J connectivity index is 0.00000141. The van der Waals surface area contributed by atoms with Gasteiger partial charge >= 0.3 is 0 Å². The molecule has 3 N–H and O–H groups in total. The average Bonchev–Trinajstić information content (AvgIpc) is 3.48. The predicted molar refractivity (Wildman–Crippen MR) is 133 cm³/mol. The van der Waals surface area contributed by atoms with Gasteiger partial charge in [-0.3, -0.25) is 14.2 Å². The minimum Gasteiger partial charge on any atom is -0.374 e. The lowest BCUT2D eigenvalue weighted by Crippen LogP contribution is -2.39. The normalized spacial score (nSPS) is 21.5. The highest BCUT2D eigenvalue weighted by atomic mass is 35.5. The summed E-state index contributed by atoms with van der Waals surface area (Å²) >= 11 is 12.5. The van der Waals surface area contributed by atoms with E-state index in [9.17, 15) is 18.4 Å². The number of aromatic nitrogens is 2. The fourth-order valence-electron chi connectivity index (χ4n) is 4.66. The zero-order chi connectivity index (χ0) is 25.3. The number of nitrogens with zero attached hydrogens (tertiary/aromatic N) is 2. The molecule has 1 aromatic heterocycles. The molecule has 5 rings (SSSR count). The summed E-state index contributed by atoms with van der Waals surface area (Å²) in [6.07, 6.45) is 2.08. The van der Waals surface area contributed by atoms with E-state index in [1.807, 2.05) is 13.8 Å². The molecule has 3 aromatic rings. The molecule has 35 heavy (non-hydrogen) atoms. The van der Waals surface area contributed by atoms with Crippen LogP contribution in [0.25, 0.3) is 10.9 Å². The molecular formula is C24H25Cl2F2N5O2. The van der Waals surface area contributed by atoms with E-state index in [0.29, 0.717) is 32.5 Å². The van der Waals surface area contributed by atoms with Gasteiger partial charge in [-0.1, -0.05) is 37.0 Å². The van der Waals surface area contributed by atoms with Crippen molar-refractivity contribution in [3.05, 3.63) is 68.2 Å². The summed E-state index contributed by atoms with van der Waals surface area (Å²) < 4.78 is 31.1. The molecule has 0 saturated carbocycles. The van der Waals surface area contributed by atoms with E-state index in [-0.39, 0.29) is 38.1 Å². The average molecular weight is 524 g/mol. The van der Waals surface area contributed by atoms with Crippen molar-refractivity contribution in [2.24, 2.45) is 0 Å². The van der Waals surface area contributed by atoms with Gasteiger partial charge in [0.15, 0.2) is 5.82 Å². The molecule has 2 aromatic carbocycles. The summed E-state index contributed by atoms with van der Waals surface area (Å²) in [6, 6.07) is 4.59. The summed E-state index contributed by atoms with van der Waals surface area (Å²) in [4.78, 5) is 29.3. The number of rotatable bonds is 4. The molecular weight excluding hydrogens is 499 g/mol. The van der Waals surface area contributed by atoms with Crippen molar-refractivity contribution in [2.45, 2.75) is 38.3 Å². The first-order valence-electron chi connectivity index (χ1n) is 11.4. The van der Waals surface area contributed by atoms with Crippen LogP contribution in [0, 0.1) is 11.6 Å². The van der Waals surface area contributed by atoms with Gasteiger partial charge in [0.2, 0.25) is 5.91 Å². The summed E-state index contributed by atoms with van der Waals surface area (Å²) in [5.74, 6) is -1.54. The number of hydrogen-bond donors (Lipinski definition) is 3. The van der Waals surface area contributed by atoms with Crippen LogP contribution in [0.2, 0.25) is 10.0 Å². The molecule has 2 atom stereocenters. The zero-order valence-electron chi connectivity index (χ0n) is 19.2. The number of amides is 1. The Labute approximate surface area is 210 Å². The van der Waals surface area contributed by atoms with Gasteiger partial charge in [0, 0.05) is 24.3 Å². The molecule has 1 unspecified atom stereocenters. The van der Waals surface area contributed by atoms with Gasteiger partial charge in [0.1, 0.15) is 17.4 Å². The topological polar surface area (TPSA) is 88.1 Å². The third-order valence-electron chi connectivity index (χ3n) is 6.26. The van der Waals surface area contributed by atoms with Crippen molar-refractivity contribution in [1.29, 1.82) is 0 Å². The van der Waals surface area contributed by atoms with Crippen molar-refractivity contribution in [3.63, 3.8) is 0 Å². The molecule has 0 spiro atoms. The first kappa shape index (κ1) is 25.3. The molecule has 2 aliphatic rings. The Hall–Kier alpha value is -2.75. The van der Waals surface area contributed by atoms with Crippen LogP contribution >= 0.6 is 23.2 Å². The number of hydrogen-bond acceptors (Lipinski definition) is 5. The number of halogens is 4. The van der Waals surface area contributed by atoms with Crippen molar-refractivity contribution >= 4 is 45.7 Å². The Morgan fingerprint density at radius 3 is 2.57 bits per heavy atom. The van der Waals surface area contributed by atoms with Crippen molar-refractivity contribution in [2.75, 3.05) is 25.0 Å². The fraction of sp³-hybridized carbons (Fsp3) is 0.375. The second-order valence-electron chi connectivity index (χ2n) is 8.26. The van der Waals surface area contributed by atoms with Crippen molar-refractivity contribution in [3.8, 4) is 0 Å². The standard InChI is InChI=1S/C22H19Cl2F2N5O2.C2H6/c23-13-1-2-14(25)17(18(13)24)22(4-6-27-9-22)30-11-7-12-19(15(26)8-11)29-10-31(21(12)33)16-3-5-28-20(16)32;1-2/h1-2,7-8,10,16,27,30H,3-6,9H2,(H,28,32);1-2H3/t16?,22-;/m0./s1. The van der Waals surface area contributed by atoms with Gasteiger partial charge in [0.05, 0.1) is 27.3 Å². The molecule has 2 fully saturated rings. The van der Waals surface area contributed by atoms with Crippen molar-refractivity contribution in [1.82, 2.24) is 20.2 Å². The molecule has 2 aliphatic heterocycles. The van der Waals surface area contributed by atoms with Crippen LogP contribution in [0.3, 0.4) is 0 Å². The highest BCUT2D eigenvalue weighted by Crippen LogP contribution is 2.41. The van der Waals surface area contributed by atoms with Crippen LogP contribution in [0.5, 0.6) is 0 Å². The van der Waals surface area contributed by atoms with Crippen LogP contribution in [0.15, 0.2) is 35.4 Å². The first-order valence-corrected chi connectivity index (χ1v) is 12.2. The Morgan fingerprint density at radius 1 is 1.14 bits per heavy atom. The minimum absolute atomic E-state index is 0.0125. The van der Waals surface area contributed by atoms with Gasteiger partial charge in [-0.2, -0.15) is 0 Å². The lowest BCUT2D eigenvalue weighted by atomic mass is 9.87. The van der Waals surface area contributed by atoms with Gasteiger partial charge in [-0.05, 0) is 43.7 Å². The molecule has 11 heteroatoms. The quantitative estimate of drug-likeness (QED) is 0.442.